The van der Waals surface area contributed by atoms with Crippen molar-refractivity contribution in [2.24, 2.45) is 0 Å². The quantitative estimate of drug-likeness (QED) is 0.173. The van der Waals surface area contributed by atoms with Gasteiger partial charge in [-0.1, -0.05) is 133 Å². The number of nitrogens with zero attached hydrogens (tertiary/aromatic N) is 2. The Kier molecular flexibility index (Phi) is 7.48. The van der Waals surface area contributed by atoms with Gasteiger partial charge in [-0.05, 0) is 113 Å². The number of rotatable bonds is 5. The van der Waals surface area contributed by atoms with Gasteiger partial charge in [-0.2, -0.15) is 0 Å². The van der Waals surface area contributed by atoms with Crippen molar-refractivity contribution in [3.8, 4) is 44.8 Å². The fraction of sp³-hybridized carbons (Fsp3) is 0.0333. The summed E-state index contributed by atoms with van der Waals surface area (Å²) < 4.78 is 17.9. The van der Waals surface area contributed by atoms with Gasteiger partial charge in [0.2, 0.25) is 0 Å². The molecule has 0 unspecified atom stereocenters. The van der Waals surface area contributed by atoms with Crippen LogP contribution in [0, 0.1) is 0 Å². The molecule has 0 atom stereocenters. The number of aromatic nitrogens is 2. The average Bonchev–Trinajstić information content (AvgIpc) is 4.11. The first-order valence-corrected chi connectivity index (χ1v) is 22.1. The maximum atomic E-state index is 6.63. The molecule has 0 aliphatic heterocycles. The summed E-state index contributed by atoms with van der Waals surface area (Å²) in [7, 11) is 0. The lowest BCUT2D eigenvalue weighted by atomic mass is 9.95. The van der Waals surface area contributed by atoms with Crippen LogP contribution in [0.4, 0.5) is 0 Å². The third kappa shape index (κ3) is 5.23. The Bertz CT molecular complexity index is 4020. The molecule has 14 rings (SSSR count). The predicted molar refractivity (Wildman–Crippen MR) is 266 cm³/mol. The summed E-state index contributed by atoms with van der Waals surface area (Å²) >= 11 is 0. The Hall–Kier alpha value is -8.34. The first kappa shape index (κ1) is 35.3. The van der Waals surface area contributed by atoms with E-state index in [1.165, 1.54) is 44.0 Å². The Labute approximate surface area is 368 Å². The highest BCUT2D eigenvalue weighted by Gasteiger charge is 2.21. The van der Waals surface area contributed by atoms with E-state index in [-0.39, 0.29) is 0 Å². The highest BCUT2D eigenvalue weighted by molar-refractivity contribution is 6.12. The number of fused-ring (bicyclic) bond motifs is 12. The minimum Gasteiger partial charge on any atom is -0.456 e. The van der Waals surface area contributed by atoms with Gasteiger partial charge in [0.25, 0.3) is 0 Å². The van der Waals surface area contributed by atoms with E-state index in [1.54, 1.807) is 0 Å². The molecule has 4 heterocycles. The molecule has 300 valence electrons. The highest BCUT2D eigenvalue weighted by Crippen LogP contribution is 2.42. The van der Waals surface area contributed by atoms with Crippen molar-refractivity contribution in [2.45, 2.75) is 12.8 Å². The van der Waals surface area contributed by atoms with Crippen LogP contribution in [0.3, 0.4) is 0 Å². The molecule has 4 aromatic heterocycles. The van der Waals surface area contributed by atoms with E-state index in [1.807, 2.05) is 6.07 Å². The van der Waals surface area contributed by atoms with Crippen LogP contribution < -0.4 is 0 Å². The molecular weight excluding hydrogens is 781 g/mol. The van der Waals surface area contributed by atoms with E-state index >= 15 is 0 Å². The molecule has 9 aromatic carbocycles. The van der Waals surface area contributed by atoms with Crippen molar-refractivity contribution in [3.05, 3.63) is 211 Å². The molecule has 0 fully saturated rings. The highest BCUT2D eigenvalue weighted by atomic mass is 16.3. The number of allylic oxidation sites excluding steroid dienone is 1. The van der Waals surface area contributed by atoms with E-state index in [4.69, 9.17) is 8.83 Å². The van der Waals surface area contributed by atoms with Crippen molar-refractivity contribution in [2.75, 3.05) is 0 Å². The molecule has 0 N–H and O–H groups in total. The van der Waals surface area contributed by atoms with Crippen LogP contribution in [0.15, 0.2) is 209 Å². The Morgan fingerprint density at radius 3 is 1.73 bits per heavy atom. The Morgan fingerprint density at radius 1 is 0.359 bits per heavy atom. The third-order valence-electron chi connectivity index (χ3n) is 13.6. The second kappa shape index (κ2) is 13.6. The SMILES string of the molecule is C1=Cc2c(n(-c3cc(-c4ccc(-c5ccc6oc7ccc(-n8c9ccccc9c9ccccc98)cc7c6c5)cc4)cc(-c4cccc5c4oc4ccccc45)c3)c3ccccc23)CC1. The fourth-order valence-corrected chi connectivity index (χ4v) is 10.6. The van der Waals surface area contributed by atoms with Gasteiger partial charge in [-0.15, -0.1) is 0 Å². The maximum absolute atomic E-state index is 6.63. The van der Waals surface area contributed by atoms with Crippen LogP contribution in [0.25, 0.3) is 127 Å². The van der Waals surface area contributed by atoms with Gasteiger partial charge in [-0.3, -0.25) is 0 Å². The van der Waals surface area contributed by atoms with Crippen LogP contribution in [0.5, 0.6) is 0 Å². The minimum absolute atomic E-state index is 0.883. The molecule has 1 aliphatic rings. The van der Waals surface area contributed by atoms with Crippen LogP contribution in [0.2, 0.25) is 0 Å². The maximum Gasteiger partial charge on any atom is 0.143 e. The smallest absolute Gasteiger partial charge is 0.143 e. The zero-order valence-electron chi connectivity index (χ0n) is 34.8. The van der Waals surface area contributed by atoms with E-state index in [9.17, 15) is 0 Å². The van der Waals surface area contributed by atoms with Crippen molar-refractivity contribution in [3.63, 3.8) is 0 Å². The second-order valence-electron chi connectivity index (χ2n) is 17.1. The number of benzene rings is 9. The summed E-state index contributed by atoms with van der Waals surface area (Å²) in [6, 6.07) is 70.2. The molecule has 0 amide bonds. The summed E-state index contributed by atoms with van der Waals surface area (Å²) in [4.78, 5) is 0. The lowest BCUT2D eigenvalue weighted by molar-refractivity contribution is 0.669. The summed E-state index contributed by atoms with van der Waals surface area (Å²) in [6.07, 6.45) is 6.64. The normalized spacial score (nSPS) is 12.8. The summed E-state index contributed by atoms with van der Waals surface area (Å²) in [6.45, 7) is 0. The van der Waals surface area contributed by atoms with Crippen molar-refractivity contribution in [1.82, 2.24) is 9.13 Å². The molecule has 1 aliphatic carbocycles. The van der Waals surface area contributed by atoms with Crippen LogP contribution in [-0.4, -0.2) is 9.13 Å². The van der Waals surface area contributed by atoms with Gasteiger partial charge in [0.1, 0.15) is 22.3 Å². The second-order valence-corrected chi connectivity index (χ2v) is 17.1. The predicted octanol–water partition coefficient (Wildman–Crippen LogP) is 16.5. The largest absolute Gasteiger partial charge is 0.456 e. The Morgan fingerprint density at radius 2 is 0.953 bits per heavy atom. The topological polar surface area (TPSA) is 36.1 Å². The number of hydrogen-bond acceptors (Lipinski definition) is 2. The van der Waals surface area contributed by atoms with E-state index in [2.05, 4.69) is 209 Å². The zero-order valence-corrected chi connectivity index (χ0v) is 34.8. The van der Waals surface area contributed by atoms with Gasteiger partial charge in [0.15, 0.2) is 0 Å². The van der Waals surface area contributed by atoms with E-state index in [0.29, 0.717) is 0 Å². The molecule has 4 heteroatoms. The molecule has 0 saturated heterocycles. The fourth-order valence-electron chi connectivity index (χ4n) is 10.6. The lowest BCUT2D eigenvalue weighted by Crippen LogP contribution is -2.03. The van der Waals surface area contributed by atoms with Crippen LogP contribution >= 0.6 is 0 Å². The van der Waals surface area contributed by atoms with Crippen molar-refractivity contribution < 1.29 is 8.83 Å². The van der Waals surface area contributed by atoms with E-state index < -0.39 is 0 Å². The molecule has 4 nitrogen and oxygen atoms in total. The molecule has 0 radical (unpaired) electrons. The van der Waals surface area contributed by atoms with Crippen LogP contribution in [-0.2, 0) is 6.42 Å². The minimum atomic E-state index is 0.883. The molecular formula is C60H38N2O2. The van der Waals surface area contributed by atoms with Crippen LogP contribution in [0.1, 0.15) is 17.7 Å². The summed E-state index contributed by atoms with van der Waals surface area (Å²) in [5, 5.41) is 8.26. The van der Waals surface area contributed by atoms with Gasteiger partial charge in [0, 0.05) is 65.9 Å². The first-order valence-electron chi connectivity index (χ1n) is 22.1. The zero-order chi connectivity index (χ0) is 41.9. The summed E-state index contributed by atoms with van der Waals surface area (Å²) in [5.74, 6) is 0. The molecule has 13 aromatic rings. The first-order chi connectivity index (χ1) is 31.7. The monoisotopic (exact) mass is 818 g/mol. The Balaban J connectivity index is 0.901. The number of para-hydroxylation sites is 5. The molecule has 0 saturated carbocycles. The van der Waals surface area contributed by atoms with Crippen molar-refractivity contribution in [1.29, 1.82) is 0 Å². The molecule has 0 bridgehead atoms. The van der Waals surface area contributed by atoms with Gasteiger partial charge in [-0.25, -0.2) is 0 Å². The van der Waals surface area contributed by atoms with Gasteiger partial charge >= 0.3 is 0 Å². The van der Waals surface area contributed by atoms with Crippen molar-refractivity contribution >= 4 is 82.7 Å². The van der Waals surface area contributed by atoms with Gasteiger partial charge < -0.3 is 18.0 Å². The number of furan rings is 2. The van der Waals surface area contributed by atoms with Gasteiger partial charge in [0.05, 0.1) is 16.6 Å². The summed E-state index contributed by atoms with van der Waals surface area (Å²) in [5.41, 5.74) is 18.9. The standard InChI is InChI=1S/C60H38N2O2/c1-6-19-53-45(12-1)46-13-2-7-20-54(46)61(53)42-29-31-59-52(36-42)51-35-39(28-30-58(51)63-59)37-24-26-38(27-25-37)40-32-41(44-17-11-18-50-49-16-5-10-23-57(49)64-60(44)50)34-43(33-40)62-55-21-8-3-14-47(55)48-15-4-9-22-56(48)62/h1-8,10-21,23-36H,9,22H2. The average molecular weight is 819 g/mol. The molecule has 0 spiro atoms. The molecule has 64 heavy (non-hydrogen) atoms. The van der Waals surface area contributed by atoms with E-state index in [0.717, 1.165) is 101 Å². The third-order valence-corrected chi connectivity index (χ3v) is 13.6. The lowest BCUT2D eigenvalue weighted by Gasteiger charge is -2.17. The number of hydrogen-bond donors (Lipinski definition) is 0.